The lowest BCUT2D eigenvalue weighted by molar-refractivity contribution is -0.137. The zero-order chi connectivity index (χ0) is 16.0. The highest BCUT2D eigenvalue weighted by Gasteiger charge is 2.31. The van der Waals surface area contributed by atoms with E-state index in [-0.39, 0.29) is 24.1 Å². The Balaban J connectivity index is 2.83. The molecule has 0 fully saturated rings. The molecule has 0 spiro atoms. The first-order valence-electron chi connectivity index (χ1n) is 7.00. The maximum Gasteiger partial charge on any atom is 0.416 e. The number of halogens is 3. The van der Waals surface area contributed by atoms with E-state index in [0.717, 1.165) is 25.0 Å². The molecule has 0 aliphatic carbocycles. The predicted octanol–water partition coefficient (Wildman–Crippen LogP) is 3.35. The average Bonchev–Trinajstić information content (AvgIpc) is 2.45. The van der Waals surface area contributed by atoms with E-state index in [2.05, 4.69) is 15.6 Å². The van der Waals surface area contributed by atoms with E-state index >= 15 is 0 Å². The van der Waals surface area contributed by atoms with E-state index in [1.54, 1.807) is 0 Å². The van der Waals surface area contributed by atoms with Gasteiger partial charge >= 0.3 is 6.18 Å². The minimum Gasteiger partial charge on any atom is -0.391 e. The van der Waals surface area contributed by atoms with Gasteiger partial charge in [-0.2, -0.15) is 13.2 Å². The summed E-state index contributed by atoms with van der Waals surface area (Å²) in [4.78, 5) is 4.02. The number of hydrogen-bond acceptors (Lipinski definition) is 4. The molecule has 7 heteroatoms. The van der Waals surface area contributed by atoms with Crippen LogP contribution in [0.25, 0.3) is 0 Å². The highest BCUT2D eigenvalue weighted by atomic mass is 19.4. The number of aliphatic hydroxyl groups excluding tert-OH is 1. The van der Waals surface area contributed by atoms with Gasteiger partial charge in [-0.05, 0) is 18.1 Å². The molecule has 0 aliphatic heterocycles. The lowest BCUT2D eigenvalue weighted by Gasteiger charge is -2.21. The second-order valence-corrected chi connectivity index (χ2v) is 4.90. The molecule has 0 aliphatic rings. The molecule has 1 aromatic rings. The smallest absolute Gasteiger partial charge is 0.391 e. The summed E-state index contributed by atoms with van der Waals surface area (Å²) in [5, 5.41) is 15.4. The molecule has 1 aromatic heterocycles. The van der Waals surface area contributed by atoms with Gasteiger partial charge in [0.25, 0.3) is 0 Å². The van der Waals surface area contributed by atoms with Crippen molar-refractivity contribution >= 4 is 11.6 Å². The molecule has 0 bridgehead atoms. The summed E-state index contributed by atoms with van der Waals surface area (Å²) in [6.07, 6.45) is -3.41. The van der Waals surface area contributed by atoms with E-state index in [1.807, 2.05) is 13.8 Å². The van der Waals surface area contributed by atoms with Gasteiger partial charge in [-0.25, -0.2) is 4.98 Å². The molecule has 0 amide bonds. The number of aliphatic hydroxyl groups is 1. The Labute approximate surface area is 122 Å². The largest absolute Gasteiger partial charge is 0.416 e. The number of alkyl halides is 3. The molecule has 0 saturated heterocycles. The van der Waals surface area contributed by atoms with Crippen LogP contribution in [0.15, 0.2) is 12.1 Å². The van der Waals surface area contributed by atoms with E-state index in [0.29, 0.717) is 0 Å². The van der Waals surface area contributed by atoms with Crippen LogP contribution in [0.3, 0.4) is 0 Å². The van der Waals surface area contributed by atoms with Gasteiger partial charge in [0, 0.05) is 13.6 Å². The lowest BCUT2D eigenvalue weighted by atomic mass is 9.96. The Morgan fingerprint density at radius 3 is 2.24 bits per heavy atom. The van der Waals surface area contributed by atoms with Crippen molar-refractivity contribution in [3.05, 3.63) is 17.7 Å². The highest BCUT2D eigenvalue weighted by Crippen LogP contribution is 2.32. The summed E-state index contributed by atoms with van der Waals surface area (Å²) in [5.74, 6) is 0.343. The Kier molecular flexibility index (Phi) is 6.26. The first-order valence-corrected chi connectivity index (χ1v) is 7.00. The molecule has 0 radical (unpaired) electrons. The van der Waals surface area contributed by atoms with Gasteiger partial charge in [0.2, 0.25) is 0 Å². The van der Waals surface area contributed by atoms with Crippen LogP contribution >= 0.6 is 0 Å². The third kappa shape index (κ3) is 5.08. The van der Waals surface area contributed by atoms with E-state index < -0.39 is 17.8 Å². The van der Waals surface area contributed by atoms with Crippen molar-refractivity contribution in [2.24, 2.45) is 5.92 Å². The maximum absolute atomic E-state index is 12.8. The topological polar surface area (TPSA) is 57.2 Å². The summed E-state index contributed by atoms with van der Waals surface area (Å²) < 4.78 is 38.4. The number of nitrogens with one attached hydrogen (secondary N) is 2. The zero-order valence-electron chi connectivity index (χ0n) is 12.5. The van der Waals surface area contributed by atoms with E-state index in [1.165, 1.54) is 7.05 Å². The molecule has 1 rings (SSSR count). The van der Waals surface area contributed by atoms with Crippen LogP contribution in [-0.4, -0.2) is 29.8 Å². The molecular weight excluding hydrogens is 283 g/mol. The highest BCUT2D eigenvalue weighted by molar-refractivity contribution is 5.49. The van der Waals surface area contributed by atoms with Crippen molar-refractivity contribution in [3.63, 3.8) is 0 Å². The Bertz CT molecular complexity index is 448. The van der Waals surface area contributed by atoms with Crippen LogP contribution in [-0.2, 0) is 6.18 Å². The Morgan fingerprint density at radius 2 is 1.76 bits per heavy atom. The third-order valence-corrected chi connectivity index (χ3v) is 3.49. The average molecular weight is 305 g/mol. The number of anilines is 2. The van der Waals surface area contributed by atoms with Crippen LogP contribution in [0.2, 0.25) is 0 Å². The second kappa shape index (κ2) is 7.49. The Hall–Kier alpha value is -1.50. The summed E-state index contributed by atoms with van der Waals surface area (Å²) in [6, 6.07) is 1.89. The Morgan fingerprint density at radius 1 is 1.19 bits per heavy atom. The second-order valence-electron chi connectivity index (χ2n) is 4.90. The monoisotopic (exact) mass is 305 g/mol. The van der Waals surface area contributed by atoms with Crippen molar-refractivity contribution in [2.45, 2.75) is 39.0 Å². The molecule has 1 unspecified atom stereocenters. The fourth-order valence-corrected chi connectivity index (χ4v) is 2.12. The van der Waals surface area contributed by atoms with Crippen LogP contribution < -0.4 is 10.6 Å². The van der Waals surface area contributed by atoms with Gasteiger partial charge < -0.3 is 15.7 Å². The summed E-state index contributed by atoms with van der Waals surface area (Å²) in [5.41, 5.74) is -0.777. The minimum absolute atomic E-state index is 0.0965. The predicted molar refractivity (Wildman–Crippen MR) is 77.4 cm³/mol. The van der Waals surface area contributed by atoms with Crippen molar-refractivity contribution in [1.82, 2.24) is 4.98 Å². The minimum atomic E-state index is -4.43. The maximum atomic E-state index is 12.8. The molecule has 120 valence electrons. The van der Waals surface area contributed by atoms with Gasteiger partial charge in [-0.1, -0.05) is 26.7 Å². The van der Waals surface area contributed by atoms with Crippen molar-refractivity contribution in [1.29, 1.82) is 0 Å². The molecule has 21 heavy (non-hydrogen) atoms. The lowest BCUT2D eigenvalue weighted by Crippen LogP contribution is -2.28. The molecular formula is C14H22F3N3O. The number of aromatic nitrogens is 1. The standard InChI is InChI=1S/C14H22F3N3O/c1-4-9(5-2)11(21)8-19-13-7-10(14(15,16)17)6-12(18-3)20-13/h6-7,9,11,21H,4-5,8H2,1-3H3,(H2,18,19,20). The normalized spacial score (nSPS) is 13.3. The fraction of sp³-hybridized carbons (Fsp3) is 0.643. The molecule has 1 heterocycles. The molecule has 0 saturated carbocycles. The molecule has 1 atom stereocenters. The number of nitrogens with zero attached hydrogens (tertiary/aromatic N) is 1. The van der Waals surface area contributed by atoms with Crippen LogP contribution in [0.1, 0.15) is 32.3 Å². The van der Waals surface area contributed by atoms with Crippen LogP contribution in [0, 0.1) is 5.92 Å². The fourth-order valence-electron chi connectivity index (χ4n) is 2.12. The van der Waals surface area contributed by atoms with Crippen molar-refractivity contribution in [2.75, 3.05) is 24.2 Å². The summed E-state index contributed by atoms with van der Waals surface area (Å²) >= 11 is 0. The van der Waals surface area contributed by atoms with Gasteiger partial charge in [0.05, 0.1) is 11.7 Å². The van der Waals surface area contributed by atoms with Crippen LogP contribution in [0.4, 0.5) is 24.8 Å². The first-order chi connectivity index (χ1) is 9.81. The zero-order valence-corrected chi connectivity index (χ0v) is 12.5. The van der Waals surface area contributed by atoms with Gasteiger partial charge in [0.1, 0.15) is 11.6 Å². The molecule has 4 nitrogen and oxygen atoms in total. The van der Waals surface area contributed by atoms with E-state index in [4.69, 9.17) is 0 Å². The van der Waals surface area contributed by atoms with Crippen LogP contribution in [0.5, 0.6) is 0 Å². The summed E-state index contributed by atoms with van der Waals surface area (Å²) in [6.45, 7) is 4.11. The summed E-state index contributed by atoms with van der Waals surface area (Å²) in [7, 11) is 1.51. The van der Waals surface area contributed by atoms with Gasteiger partial charge in [-0.15, -0.1) is 0 Å². The SMILES string of the molecule is CCC(CC)C(O)CNc1cc(C(F)(F)F)cc(NC)n1. The van der Waals surface area contributed by atoms with E-state index in [9.17, 15) is 18.3 Å². The third-order valence-electron chi connectivity index (χ3n) is 3.49. The van der Waals surface area contributed by atoms with Gasteiger partial charge in [0.15, 0.2) is 0 Å². The molecule has 0 aromatic carbocycles. The molecule has 3 N–H and O–H groups in total. The quantitative estimate of drug-likeness (QED) is 0.723. The first kappa shape index (κ1) is 17.6. The van der Waals surface area contributed by atoms with Crippen molar-refractivity contribution < 1.29 is 18.3 Å². The number of rotatable bonds is 7. The van der Waals surface area contributed by atoms with Gasteiger partial charge in [-0.3, -0.25) is 0 Å². The van der Waals surface area contributed by atoms with Crippen molar-refractivity contribution in [3.8, 4) is 0 Å². The number of pyridine rings is 1. The number of hydrogen-bond donors (Lipinski definition) is 3.